The third kappa shape index (κ3) is 2.57. The zero-order valence-electron chi connectivity index (χ0n) is 11.6. The number of nitrogens with zero attached hydrogens (tertiary/aromatic N) is 3. The zero-order chi connectivity index (χ0) is 13.1. The van der Waals surface area contributed by atoms with E-state index in [0.717, 1.165) is 24.7 Å². The molecular weight excluding hydrogens is 236 g/mol. The van der Waals surface area contributed by atoms with E-state index in [-0.39, 0.29) is 0 Å². The lowest BCUT2D eigenvalue weighted by molar-refractivity contribution is 0.151. The lowest BCUT2D eigenvalue weighted by atomic mass is 9.68. The van der Waals surface area contributed by atoms with Crippen LogP contribution >= 0.6 is 0 Å². The SMILES string of the molecule is CN=C(NCc1ccccn1)N1CCC2(CCC2)C1. The predicted molar refractivity (Wildman–Crippen MR) is 76.9 cm³/mol. The van der Waals surface area contributed by atoms with Gasteiger partial charge in [0, 0.05) is 26.3 Å². The van der Waals surface area contributed by atoms with Crippen molar-refractivity contribution in [1.29, 1.82) is 0 Å². The van der Waals surface area contributed by atoms with Crippen molar-refractivity contribution in [3.05, 3.63) is 30.1 Å². The van der Waals surface area contributed by atoms with Crippen LogP contribution in [0.4, 0.5) is 0 Å². The van der Waals surface area contributed by atoms with Crippen LogP contribution in [0.2, 0.25) is 0 Å². The van der Waals surface area contributed by atoms with Crippen molar-refractivity contribution in [2.75, 3.05) is 20.1 Å². The number of pyridine rings is 1. The highest BCUT2D eigenvalue weighted by Gasteiger charge is 2.43. The molecule has 2 heterocycles. The smallest absolute Gasteiger partial charge is 0.193 e. The Morgan fingerprint density at radius 3 is 2.89 bits per heavy atom. The normalized spacial score (nSPS) is 21.5. The first kappa shape index (κ1) is 12.5. The van der Waals surface area contributed by atoms with E-state index in [4.69, 9.17) is 0 Å². The van der Waals surface area contributed by atoms with E-state index in [0.29, 0.717) is 5.41 Å². The molecule has 0 radical (unpaired) electrons. The van der Waals surface area contributed by atoms with E-state index in [1.54, 1.807) is 0 Å². The molecule has 0 bridgehead atoms. The molecule has 4 nitrogen and oxygen atoms in total. The van der Waals surface area contributed by atoms with E-state index in [2.05, 4.69) is 20.2 Å². The minimum atomic E-state index is 0.614. The second-order valence-electron chi connectivity index (χ2n) is 5.75. The van der Waals surface area contributed by atoms with Crippen molar-refractivity contribution in [1.82, 2.24) is 15.2 Å². The van der Waals surface area contributed by atoms with Gasteiger partial charge in [-0.3, -0.25) is 9.98 Å². The molecule has 1 N–H and O–H groups in total. The summed E-state index contributed by atoms with van der Waals surface area (Å²) in [7, 11) is 1.87. The third-order valence-corrected chi connectivity index (χ3v) is 4.52. The van der Waals surface area contributed by atoms with Crippen LogP contribution in [0.1, 0.15) is 31.4 Å². The van der Waals surface area contributed by atoms with Crippen molar-refractivity contribution >= 4 is 5.96 Å². The van der Waals surface area contributed by atoms with Gasteiger partial charge in [-0.05, 0) is 36.8 Å². The predicted octanol–water partition coefficient (Wildman–Crippen LogP) is 2.03. The van der Waals surface area contributed by atoms with Crippen LogP contribution in [-0.4, -0.2) is 36.0 Å². The average molecular weight is 258 g/mol. The van der Waals surface area contributed by atoms with Gasteiger partial charge in [-0.2, -0.15) is 0 Å². The molecule has 1 saturated carbocycles. The van der Waals surface area contributed by atoms with Crippen molar-refractivity contribution < 1.29 is 0 Å². The highest BCUT2D eigenvalue weighted by molar-refractivity contribution is 5.80. The molecule has 0 atom stereocenters. The lowest BCUT2D eigenvalue weighted by Crippen LogP contribution is -2.42. The summed E-state index contributed by atoms with van der Waals surface area (Å²) in [6.45, 7) is 3.06. The first-order valence-electron chi connectivity index (χ1n) is 7.17. The topological polar surface area (TPSA) is 40.5 Å². The van der Waals surface area contributed by atoms with E-state index < -0.39 is 0 Å². The van der Waals surface area contributed by atoms with Gasteiger partial charge in [0.1, 0.15) is 0 Å². The molecule has 1 spiro atoms. The van der Waals surface area contributed by atoms with Crippen molar-refractivity contribution in [3.8, 4) is 0 Å². The van der Waals surface area contributed by atoms with Crippen molar-refractivity contribution in [2.24, 2.45) is 10.4 Å². The van der Waals surface area contributed by atoms with Gasteiger partial charge in [-0.1, -0.05) is 12.5 Å². The second-order valence-corrected chi connectivity index (χ2v) is 5.75. The Morgan fingerprint density at radius 1 is 1.42 bits per heavy atom. The summed E-state index contributed by atoms with van der Waals surface area (Å²) in [6.07, 6.45) is 7.38. The van der Waals surface area contributed by atoms with Gasteiger partial charge in [-0.15, -0.1) is 0 Å². The molecule has 2 aliphatic rings. The number of aromatic nitrogens is 1. The van der Waals surface area contributed by atoms with Crippen LogP contribution in [0.3, 0.4) is 0 Å². The molecule has 0 unspecified atom stereocenters. The van der Waals surface area contributed by atoms with Crippen LogP contribution in [0.15, 0.2) is 29.4 Å². The summed E-state index contributed by atoms with van der Waals surface area (Å²) in [5, 5.41) is 3.43. The molecule has 1 saturated heterocycles. The van der Waals surface area contributed by atoms with E-state index in [1.165, 1.54) is 32.2 Å². The Morgan fingerprint density at radius 2 is 2.32 bits per heavy atom. The Hall–Kier alpha value is -1.58. The molecule has 1 aromatic rings. The average Bonchev–Trinajstić information content (AvgIpc) is 2.86. The van der Waals surface area contributed by atoms with E-state index in [1.807, 2.05) is 31.4 Å². The Labute approximate surface area is 114 Å². The molecule has 0 aromatic carbocycles. The number of guanidine groups is 1. The fourth-order valence-electron chi connectivity index (χ4n) is 3.21. The summed E-state index contributed by atoms with van der Waals surface area (Å²) in [5.41, 5.74) is 1.67. The number of aliphatic imine (C=N–C) groups is 1. The number of likely N-dealkylation sites (tertiary alicyclic amines) is 1. The summed E-state index contributed by atoms with van der Waals surface area (Å²) in [4.78, 5) is 11.1. The fourth-order valence-corrected chi connectivity index (χ4v) is 3.21. The van der Waals surface area contributed by atoms with Gasteiger partial charge >= 0.3 is 0 Å². The minimum Gasteiger partial charge on any atom is -0.351 e. The molecule has 0 amide bonds. The molecule has 19 heavy (non-hydrogen) atoms. The fraction of sp³-hybridized carbons (Fsp3) is 0.600. The maximum absolute atomic E-state index is 4.41. The quantitative estimate of drug-likeness (QED) is 0.652. The first-order valence-corrected chi connectivity index (χ1v) is 7.17. The standard InChI is InChI=1S/C15H22N4/c1-16-14(18-11-13-5-2-3-9-17-13)19-10-8-15(12-19)6-4-7-15/h2-3,5,9H,4,6-8,10-12H2,1H3,(H,16,18). The third-order valence-electron chi connectivity index (χ3n) is 4.52. The van der Waals surface area contributed by atoms with E-state index in [9.17, 15) is 0 Å². The van der Waals surface area contributed by atoms with Crippen LogP contribution in [-0.2, 0) is 6.54 Å². The van der Waals surface area contributed by atoms with Crippen LogP contribution in [0, 0.1) is 5.41 Å². The monoisotopic (exact) mass is 258 g/mol. The number of hydrogen-bond acceptors (Lipinski definition) is 2. The molecular formula is C15H22N4. The van der Waals surface area contributed by atoms with Crippen molar-refractivity contribution in [2.45, 2.75) is 32.2 Å². The molecule has 2 fully saturated rings. The van der Waals surface area contributed by atoms with Crippen LogP contribution in [0.5, 0.6) is 0 Å². The second kappa shape index (κ2) is 5.19. The largest absolute Gasteiger partial charge is 0.351 e. The molecule has 4 heteroatoms. The number of hydrogen-bond donors (Lipinski definition) is 1. The number of rotatable bonds is 2. The first-order chi connectivity index (χ1) is 9.31. The van der Waals surface area contributed by atoms with Gasteiger partial charge in [0.25, 0.3) is 0 Å². The number of nitrogens with one attached hydrogen (secondary N) is 1. The maximum atomic E-state index is 4.41. The van der Waals surface area contributed by atoms with Gasteiger partial charge in [0.2, 0.25) is 0 Å². The Balaban J connectivity index is 1.57. The Kier molecular flexibility index (Phi) is 3.40. The highest BCUT2D eigenvalue weighted by atomic mass is 15.3. The maximum Gasteiger partial charge on any atom is 0.193 e. The van der Waals surface area contributed by atoms with Crippen LogP contribution < -0.4 is 5.32 Å². The molecule has 3 rings (SSSR count). The molecule has 1 aliphatic heterocycles. The van der Waals surface area contributed by atoms with Gasteiger partial charge in [-0.25, -0.2) is 0 Å². The molecule has 102 valence electrons. The lowest BCUT2D eigenvalue weighted by Gasteiger charge is -2.38. The van der Waals surface area contributed by atoms with Crippen LogP contribution in [0.25, 0.3) is 0 Å². The summed E-state index contributed by atoms with van der Waals surface area (Å²) in [6, 6.07) is 6.00. The summed E-state index contributed by atoms with van der Waals surface area (Å²) in [5.74, 6) is 1.02. The highest BCUT2D eigenvalue weighted by Crippen LogP contribution is 2.47. The minimum absolute atomic E-state index is 0.614. The van der Waals surface area contributed by atoms with Gasteiger partial charge in [0.05, 0.1) is 12.2 Å². The molecule has 1 aliphatic carbocycles. The summed E-state index contributed by atoms with van der Waals surface area (Å²) >= 11 is 0. The van der Waals surface area contributed by atoms with E-state index >= 15 is 0 Å². The zero-order valence-corrected chi connectivity index (χ0v) is 11.6. The van der Waals surface area contributed by atoms with Gasteiger partial charge in [0.15, 0.2) is 5.96 Å². The van der Waals surface area contributed by atoms with Gasteiger partial charge < -0.3 is 10.2 Å². The summed E-state index contributed by atoms with van der Waals surface area (Å²) < 4.78 is 0. The van der Waals surface area contributed by atoms with Crippen molar-refractivity contribution in [3.63, 3.8) is 0 Å². The Bertz CT molecular complexity index is 450. The molecule has 1 aromatic heterocycles.